The molecular weight excluding hydrogens is 262 g/mol. The van der Waals surface area contributed by atoms with Gasteiger partial charge in [0.15, 0.2) is 0 Å². The Morgan fingerprint density at radius 1 is 1.17 bits per heavy atom. The van der Waals surface area contributed by atoms with Gasteiger partial charge in [0.25, 0.3) is 0 Å². The van der Waals surface area contributed by atoms with E-state index in [-0.39, 0.29) is 0 Å². The van der Waals surface area contributed by atoms with Crippen LogP contribution < -0.4 is 5.32 Å². The molecular formula is C15H16ClNS. The predicted octanol–water partition coefficient (Wildman–Crippen LogP) is 4.25. The molecule has 1 aromatic carbocycles. The van der Waals surface area contributed by atoms with E-state index in [1.807, 2.05) is 24.3 Å². The largest absolute Gasteiger partial charge is 0.312 e. The predicted molar refractivity (Wildman–Crippen MR) is 81.4 cm³/mol. The van der Waals surface area contributed by atoms with Crippen molar-refractivity contribution in [2.24, 2.45) is 0 Å². The normalized spacial score (nSPS) is 10.5. The van der Waals surface area contributed by atoms with Crippen molar-refractivity contribution in [2.75, 3.05) is 13.1 Å². The summed E-state index contributed by atoms with van der Waals surface area (Å²) in [6, 6.07) is 14.3. The monoisotopic (exact) mass is 277 g/mol. The summed E-state index contributed by atoms with van der Waals surface area (Å²) in [7, 11) is 0. The standard InChI is InChI=1S/C15H16ClNS/c1-12(13-5-3-2-4-6-13)11-17-10-9-14-7-8-15(16)18-14/h2-8,17H,1,9-11H2. The van der Waals surface area contributed by atoms with E-state index < -0.39 is 0 Å². The number of thiophene rings is 1. The van der Waals surface area contributed by atoms with Crippen molar-refractivity contribution in [1.29, 1.82) is 0 Å². The lowest BCUT2D eigenvalue weighted by atomic mass is 10.1. The summed E-state index contributed by atoms with van der Waals surface area (Å²) in [6.07, 6.45) is 1.01. The van der Waals surface area contributed by atoms with Crippen LogP contribution in [0.25, 0.3) is 5.57 Å². The van der Waals surface area contributed by atoms with Gasteiger partial charge in [-0.3, -0.25) is 0 Å². The van der Waals surface area contributed by atoms with Gasteiger partial charge in [0, 0.05) is 18.0 Å². The summed E-state index contributed by atoms with van der Waals surface area (Å²) in [5.74, 6) is 0. The van der Waals surface area contributed by atoms with Crippen molar-refractivity contribution in [3.8, 4) is 0 Å². The van der Waals surface area contributed by atoms with E-state index in [1.165, 1.54) is 10.4 Å². The molecule has 0 saturated heterocycles. The van der Waals surface area contributed by atoms with E-state index in [0.29, 0.717) is 0 Å². The highest BCUT2D eigenvalue weighted by Crippen LogP contribution is 2.21. The molecule has 0 amide bonds. The third kappa shape index (κ3) is 3.98. The minimum atomic E-state index is 0.823. The molecule has 18 heavy (non-hydrogen) atoms. The Hall–Kier alpha value is -1.09. The average molecular weight is 278 g/mol. The molecule has 0 unspecified atom stereocenters. The van der Waals surface area contributed by atoms with E-state index in [1.54, 1.807) is 11.3 Å². The molecule has 0 fully saturated rings. The molecule has 1 N–H and O–H groups in total. The zero-order valence-corrected chi connectivity index (χ0v) is 11.7. The van der Waals surface area contributed by atoms with Gasteiger partial charge in [0.05, 0.1) is 4.34 Å². The lowest BCUT2D eigenvalue weighted by Gasteiger charge is -2.07. The number of halogens is 1. The van der Waals surface area contributed by atoms with Gasteiger partial charge in [-0.05, 0) is 29.7 Å². The maximum absolute atomic E-state index is 5.89. The van der Waals surface area contributed by atoms with Gasteiger partial charge < -0.3 is 5.32 Å². The maximum Gasteiger partial charge on any atom is 0.0931 e. The van der Waals surface area contributed by atoms with Crippen LogP contribution in [0.2, 0.25) is 4.34 Å². The van der Waals surface area contributed by atoms with Crippen LogP contribution >= 0.6 is 22.9 Å². The third-order valence-corrected chi connectivity index (χ3v) is 3.99. The van der Waals surface area contributed by atoms with Crippen molar-refractivity contribution in [2.45, 2.75) is 6.42 Å². The SMILES string of the molecule is C=C(CNCCc1ccc(Cl)s1)c1ccccc1. The zero-order chi connectivity index (χ0) is 12.8. The minimum absolute atomic E-state index is 0.823. The maximum atomic E-state index is 5.89. The number of rotatable bonds is 6. The summed E-state index contributed by atoms with van der Waals surface area (Å²) in [6.45, 7) is 5.86. The van der Waals surface area contributed by atoms with Gasteiger partial charge in [0.1, 0.15) is 0 Å². The van der Waals surface area contributed by atoms with Crippen molar-refractivity contribution in [3.63, 3.8) is 0 Å². The zero-order valence-electron chi connectivity index (χ0n) is 10.2. The van der Waals surface area contributed by atoms with Crippen LogP contribution in [0, 0.1) is 0 Å². The molecule has 0 aliphatic rings. The van der Waals surface area contributed by atoms with Gasteiger partial charge in [-0.2, -0.15) is 0 Å². The first-order valence-electron chi connectivity index (χ1n) is 5.94. The van der Waals surface area contributed by atoms with Crippen LogP contribution in [0.3, 0.4) is 0 Å². The topological polar surface area (TPSA) is 12.0 Å². The smallest absolute Gasteiger partial charge is 0.0931 e. The summed E-state index contributed by atoms with van der Waals surface area (Å²) in [5.41, 5.74) is 2.32. The molecule has 1 nitrogen and oxygen atoms in total. The fourth-order valence-corrected chi connectivity index (χ4v) is 2.80. The lowest BCUT2D eigenvalue weighted by Crippen LogP contribution is -2.18. The van der Waals surface area contributed by atoms with Crippen LogP contribution in [-0.2, 0) is 6.42 Å². The molecule has 0 saturated carbocycles. The van der Waals surface area contributed by atoms with Crippen LogP contribution in [0.15, 0.2) is 49.0 Å². The Morgan fingerprint density at radius 3 is 2.61 bits per heavy atom. The molecule has 0 atom stereocenters. The van der Waals surface area contributed by atoms with Gasteiger partial charge in [0.2, 0.25) is 0 Å². The minimum Gasteiger partial charge on any atom is -0.312 e. The summed E-state index contributed by atoms with van der Waals surface area (Å²) in [4.78, 5) is 1.32. The van der Waals surface area contributed by atoms with E-state index in [0.717, 1.165) is 29.4 Å². The Kier molecular flexibility index (Phi) is 5.00. The lowest BCUT2D eigenvalue weighted by molar-refractivity contribution is 0.757. The highest BCUT2D eigenvalue weighted by atomic mass is 35.5. The van der Waals surface area contributed by atoms with Crippen LogP contribution in [0.1, 0.15) is 10.4 Å². The van der Waals surface area contributed by atoms with Crippen molar-refractivity contribution in [3.05, 3.63) is 63.8 Å². The Balaban J connectivity index is 1.71. The summed E-state index contributed by atoms with van der Waals surface area (Å²) in [5, 5.41) is 3.41. The fourth-order valence-electron chi connectivity index (χ4n) is 1.71. The van der Waals surface area contributed by atoms with E-state index >= 15 is 0 Å². The highest BCUT2D eigenvalue weighted by Gasteiger charge is 1.99. The van der Waals surface area contributed by atoms with Crippen LogP contribution in [0.4, 0.5) is 0 Å². The summed E-state index contributed by atoms with van der Waals surface area (Å²) >= 11 is 7.53. The van der Waals surface area contributed by atoms with Crippen molar-refractivity contribution in [1.82, 2.24) is 5.32 Å². The number of hydrogen-bond donors (Lipinski definition) is 1. The molecule has 1 heterocycles. The van der Waals surface area contributed by atoms with Gasteiger partial charge in [-0.25, -0.2) is 0 Å². The molecule has 0 aliphatic carbocycles. The molecule has 0 spiro atoms. The second-order valence-corrected chi connectivity index (χ2v) is 5.90. The third-order valence-electron chi connectivity index (χ3n) is 2.70. The number of benzene rings is 1. The molecule has 2 rings (SSSR count). The molecule has 0 aliphatic heterocycles. The van der Waals surface area contributed by atoms with Crippen molar-refractivity contribution >= 4 is 28.5 Å². The van der Waals surface area contributed by atoms with E-state index in [9.17, 15) is 0 Å². The first-order chi connectivity index (χ1) is 8.75. The molecule has 1 aromatic heterocycles. The number of nitrogens with one attached hydrogen (secondary N) is 1. The molecule has 3 heteroatoms. The average Bonchev–Trinajstić information content (AvgIpc) is 2.81. The Morgan fingerprint density at radius 2 is 1.94 bits per heavy atom. The highest BCUT2D eigenvalue weighted by molar-refractivity contribution is 7.16. The van der Waals surface area contributed by atoms with Crippen LogP contribution in [-0.4, -0.2) is 13.1 Å². The first kappa shape index (κ1) is 13.3. The Bertz CT molecular complexity index is 504. The first-order valence-corrected chi connectivity index (χ1v) is 7.13. The van der Waals surface area contributed by atoms with Gasteiger partial charge >= 0.3 is 0 Å². The molecule has 2 aromatic rings. The second-order valence-electron chi connectivity index (χ2n) is 4.10. The van der Waals surface area contributed by atoms with E-state index in [4.69, 9.17) is 11.6 Å². The fraction of sp³-hybridized carbons (Fsp3) is 0.200. The molecule has 94 valence electrons. The van der Waals surface area contributed by atoms with Gasteiger partial charge in [-0.15, -0.1) is 11.3 Å². The number of hydrogen-bond acceptors (Lipinski definition) is 2. The second kappa shape index (κ2) is 6.74. The molecule has 0 bridgehead atoms. The van der Waals surface area contributed by atoms with E-state index in [2.05, 4.69) is 30.1 Å². The van der Waals surface area contributed by atoms with Crippen molar-refractivity contribution < 1.29 is 0 Å². The Labute approximate surface area is 117 Å². The summed E-state index contributed by atoms with van der Waals surface area (Å²) < 4.78 is 0.860. The van der Waals surface area contributed by atoms with Gasteiger partial charge in [-0.1, -0.05) is 48.5 Å². The molecule has 0 radical (unpaired) electrons. The quantitative estimate of drug-likeness (QED) is 0.779. The van der Waals surface area contributed by atoms with Crippen LogP contribution in [0.5, 0.6) is 0 Å².